The summed E-state index contributed by atoms with van der Waals surface area (Å²) in [5.41, 5.74) is 2.83. The van der Waals surface area contributed by atoms with Gasteiger partial charge in [-0.15, -0.1) is 0 Å². The first kappa shape index (κ1) is 17.1. The van der Waals surface area contributed by atoms with Crippen molar-refractivity contribution < 1.29 is 14.6 Å². The zero-order chi connectivity index (χ0) is 18.6. The third-order valence-electron chi connectivity index (χ3n) is 4.82. The van der Waals surface area contributed by atoms with E-state index < -0.39 is 6.09 Å². The van der Waals surface area contributed by atoms with E-state index in [0.29, 0.717) is 19.0 Å². The lowest BCUT2D eigenvalue weighted by atomic mass is 10.1. The number of ether oxygens (including phenoxy) is 1. The first-order valence-electron chi connectivity index (χ1n) is 9.03. The number of para-hydroxylation sites is 1. The molecular formula is C21H21N3O3. The summed E-state index contributed by atoms with van der Waals surface area (Å²) < 4.78 is 6.02. The Kier molecular flexibility index (Phi) is 4.78. The molecule has 6 nitrogen and oxygen atoms in total. The molecule has 1 amide bonds. The average Bonchev–Trinajstić information content (AvgIpc) is 3.36. The maximum absolute atomic E-state index is 11.4. The number of amides is 1. The van der Waals surface area contributed by atoms with E-state index >= 15 is 0 Å². The minimum atomic E-state index is -0.901. The van der Waals surface area contributed by atoms with Crippen LogP contribution in [0.4, 0.5) is 4.79 Å². The number of hydrogen-bond donors (Lipinski definition) is 2. The van der Waals surface area contributed by atoms with Crippen LogP contribution in [0.25, 0.3) is 11.3 Å². The van der Waals surface area contributed by atoms with Crippen LogP contribution in [0.15, 0.2) is 60.8 Å². The van der Waals surface area contributed by atoms with Crippen molar-refractivity contribution in [2.75, 3.05) is 6.54 Å². The molecular weight excluding hydrogens is 342 g/mol. The van der Waals surface area contributed by atoms with E-state index in [-0.39, 0.29) is 6.04 Å². The van der Waals surface area contributed by atoms with E-state index in [9.17, 15) is 9.90 Å². The molecule has 3 aromatic rings. The number of benzene rings is 2. The fourth-order valence-corrected chi connectivity index (χ4v) is 3.47. The molecule has 2 heterocycles. The maximum atomic E-state index is 11.4. The molecule has 1 saturated heterocycles. The first-order valence-corrected chi connectivity index (χ1v) is 9.03. The van der Waals surface area contributed by atoms with Gasteiger partial charge in [-0.1, -0.05) is 42.5 Å². The standard InChI is InChI=1S/C21H21N3O3/c25-21(26)24-12-6-10-18(24)20-22-13-17(23-20)16-9-4-5-11-19(16)27-14-15-7-2-1-3-8-15/h1-5,7-9,11,13,18H,6,10,12,14H2,(H,22,23)(H,25,26). The van der Waals surface area contributed by atoms with Crippen LogP contribution in [0.1, 0.15) is 30.3 Å². The van der Waals surface area contributed by atoms with E-state index in [0.717, 1.165) is 35.4 Å². The van der Waals surface area contributed by atoms with Crippen molar-refractivity contribution in [1.29, 1.82) is 0 Å². The van der Waals surface area contributed by atoms with E-state index in [1.807, 2.05) is 54.6 Å². The summed E-state index contributed by atoms with van der Waals surface area (Å²) in [6, 6.07) is 17.6. The predicted octanol–water partition coefficient (Wildman–Crippen LogP) is 4.47. The lowest BCUT2D eigenvalue weighted by Gasteiger charge is -2.19. The van der Waals surface area contributed by atoms with Crippen molar-refractivity contribution >= 4 is 6.09 Å². The number of H-pyrrole nitrogens is 1. The summed E-state index contributed by atoms with van der Waals surface area (Å²) in [5, 5.41) is 9.36. The normalized spacial score (nSPS) is 16.4. The Morgan fingerprint density at radius 2 is 1.96 bits per heavy atom. The summed E-state index contributed by atoms with van der Waals surface area (Å²) in [5.74, 6) is 1.45. The maximum Gasteiger partial charge on any atom is 0.407 e. The van der Waals surface area contributed by atoms with Gasteiger partial charge >= 0.3 is 6.09 Å². The van der Waals surface area contributed by atoms with Crippen LogP contribution in [0, 0.1) is 0 Å². The number of carbonyl (C=O) groups is 1. The molecule has 1 aromatic heterocycles. The average molecular weight is 363 g/mol. The van der Waals surface area contributed by atoms with Crippen molar-refractivity contribution in [1.82, 2.24) is 14.9 Å². The van der Waals surface area contributed by atoms with Gasteiger partial charge in [0, 0.05) is 12.1 Å². The molecule has 1 aliphatic rings. The Hall–Kier alpha value is -3.28. The Morgan fingerprint density at radius 3 is 2.78 bits per heavy atom. The summed E-state index contributed by atoms with van der Waals surface area (Å²) in [6.07, 6.45) is 2.48. The van der Waals surface area contributed by atoms with E-state index in [4.69, 9.17) is 4.74 Å². The lowest BCUT2D eigenvalue weighted by Crippen LogP contribution is -2.29. The molecule has 0 spiro atoms. The fraction of sp³-hybridized carbons (Fsp3) is 0.238. The number of aromatic nitrogens is 2. The quantitative estimate of drug-likeness (QED) is 0.701. The SMILES string of the molecule is O=C(O)N1CCCC1c1ncc(-c2ccccc2OCc2ccccc2)[nH]1. The molecule has 2 N–H and O–H groups in total. The zero-order valence-electron chi connectivity index (χ0n) is 14.8. The third-order valence-corrected chi connectivity index (χ3v) is 4.82. The van der Waals surface area contributed by atoms with Crippen LogP contribution >= 0.6 is 0 Å². The molecule has 0 aliphatic carbocycles. The fourth-order valence-electron chi connectivity index (χ4n) is 3.47. The largest absolute Gasteiger partial charge is 0.488 e. The van der Waals surface area contributed by atoms with Crippen molar-refractivity contribution in [2.24, 2.45) is 0 Å². The first-order chi connectivity index (χ1) is 13.2. The van der Waals surface area contributed by atoms with Gasteiger partial charge in [0.1, 0.15) is 18.2 Å². The summed E-state index contributed by atoms with van der Waals surface area (Å²) in [4.78, 5) is 20.6. The number of likely N-dealkylation sites (tertiary alicyclic amines) is 1. The molecule has 0 saturated carbocycles. The topological polar surface area (TPSA) is 78.4 Å². The Balaban J connectivity index is 1.56. The highest BCUT2D eigenvalue weighted by molar-refractivity contribution is 5.68. The number of hydrogen-bond acceptors (Lipinski definition) is 3. The van der Waals surface area contributed by atoms with Crippen LogP contribution in [0.3, 0.4) is 0 Å². The van der Waals surface area contributed by atoms with E-state index in [1.54, 1.807) is 6.20 Å². The molecule has 1 atom stereocenters. The van der Waals surface area contributed by atoms with Gasteiger partial charge in [0.2, 0.25) is 0 Å². The van der Waals surface area contributed by atoms with Crippen molar-refractivity contribution in [3.8, 4) is 17.0 Å². The molecule has 6 heteroatoms. The van der Waals surface area contributed by atoms with Crippen LogP contribution in [0.2, 0.25) is 0 Å². The van der Waals surface area contributed by atoms with Gasteiger partial charge in [-0.05, 0) is 30.5 Å². The highest BCUT2D eigenvalue weighted by Gasteiger charge is 2.31. The van der Waals surface area contributed by atoms with Gasteiger partial charge in [0.15, 0.2) is 0 Å². The van der Waals surface area contributed by atoms with Crippen LogP contribution in [0.5, 0.6) is 5.75 Å². The Labute approximate surface area is 157 Å². The highest BCUT2D eigenvalue weighted by atomic mass is 16.5. The smallest absolute Gasteiger partial charge is 0.407 e. The second kappa shape index (κ2) is 7.53. The molecule has 0 radical (unpaired) electrons. The molecule has 138 valence electrons. The summed E-state index contributed by atoms with van der Waals surface area (Å²) >= 11 is 0. The summed E-state index contributed by atoms with van der Waals surface area (Å²) in [6.45, 7) is 1.03. The van der Waals surface area contributed by atoms with Crippen LogP contribution in [-0.4, -0.2) is 32.6 Å². The van der Waals surface area contributed by atoms with E-state index in [2.05, 4.69) is 9.97 Å². The third kappa shape index (κ3) is 3.65. The minimum absolute atomic E-state index is 0.214. The minimum Gasteiger partial charge on any atom is -0.488 e. The van der Waals surface area contributed by atoms with Crippen molar-refractivity contribution in [3.63, 3.8) is 0 Å². The second-order valence-corrected chi connectivity index (χ2v) is 6.59. The predicted molar refractivity (Wildman–Crippen MR) is 102 cm³/mol. The molecule has 27 heavy (non-hydrogen) atoms. The van der Waals surface area contributed by atoms with Gasteiger partial charge in [-0.2, -0.15) is 0 Å². The summed E-state index contributed by atoms with van der Waals surface area (Å²) in [7, 11) is 0. The van der Waals surface area contributed by atoms with Crippen molar-refractivity contribution in [2.45, 2.75) is 25.5 Å². The van der Waals surface area contributed by atoms with Gasteiger partial charge in [-0.3, -0.25) is 4.90 Å². The number of carboxylic acid groups (broad SMARTS) is 1. The molecule has 1 fully saturated rings. The number of aromatic amines is 1. The van der Waals surface area contributed by atoms with Crippen molar-refractivity contribution in [3.05, 3.63) is 72.2 Å². The highest BCUT2D eigenvalue weighted by Crippen LogP contribution is 2.34. The number of nitrogens with one attached hydrogen (secondary N) is 1. The van der Waals surface area contributed by atoms with Gasteiger partial charge in [0.25, 0.3) is 0 Å². The second-order valence-electron chi connectivity index (χ2n) is 6.59. The van der Waals surface area contributed by atoms with Gasteiger partial charge in [0.05, 0.1) is 17.9 Å². The zero-order valence-corrected chi connectivity index (χ0v) is 14.8. The number of imidazole rings is 1. The molecule has 0 bridgehead atoms. The van der Waals surface area contributed by atoms with Crippen LogP contribution in [-0.2, 0) is 6.61 Å². The Bertz CT molecular complexity index is 923. The number of rotatable bonds is 5. The lowest BCUT2D eigenvalue weighted by molar-refractivity contribution is 0.139. The van der Waals surface area contributed by atoms with Crippen LogP contribution < -0.4 is 4.74 Å². The molecule has 4 rings (SSSR count). The van der Waals surface area contributed by atoms with Gasteiger partial charge in [-0.25, -0.2) is 9.78 Å². The Morgan fingerprint density at radius 1 is 1.19 bits per heavy atom. The number of nitrogens with zero attached hydrogens (tertiary/aromatic N) is 2. The molecule has 1 unspecified atom stereocenters. The monoisotopic (exact) mass is 363 g/mol. The molecule has 1 aliphatic heterocycles. The molecule has 2 aromatic carbocycles. The van der Waals surface area contributed by atoms with Gasteiger partial charge < -0.3 is 14.8 Å². The van der Waals surface area contributed by atoms with E-state index in [1.165, 1.54) is 4.90 Å².